The van der Waals surface area contributed by atoms with Gasteiger partial charge in [0.25, 0.3) is 0 Å². The molecule has 1 aliphatic heterocycles. The highest BCUT2D eigenvalue weighted by molar-refractivity contribution is 5.26. The van der Waals surface area contributed by atoms with Crippen LogP contribution in [0.25, 0.3) is 0 Å². The van der Waals surface area contributed by atoms with Gasteiger partial charge >= 0.3 is 0 Å². The van der Waals surface area contributed by atoms with Gasteiger partial charge in [0.1, 0.15) is 12.4 Å². The Kier molecular flexibility index (Phi) is 3.04. The summed E-state index contributed by atoms with van der Waals surface area (Å²) in [5.41, 5.74) is 1.27. The zero-order valence-electron chi connectivity index (χ0n) is 8.62. The lowest BCUT2D eigenvalue weighted by molar-refractivity contribution is 0.277. The van der Waals surface area contributed by atoms with Crippen molar-refractivity contribution in [3.8, 4) is 5.75 Å². The van der Waals surface area contributed by atoms with Gasteiger partial charge in [-0.2, -0.15) is 0 Å². The molecule has 0 spiro atoms. The van der Waals surface area contributed by atoms with Crippen molar-refractivity contribution in [1.29, 1.82) is 0 Å². The van der Waals surface area contributed by atoms with Crippen LogP contribution in [-0.4, -0.2) is 19.2 Å². The molecule has 2 heteroatoms. The highest BCUT2D eigenvalue weighted by atomic mass is 16.5. The molecule has 14 heavy (non-hydrogen) atoms. The Balaban J connectivity index is 1.82. The van der Waals surface area contributed by atoms with Crippen molar-refractivity contribution in [2.75, 3.05) is 13.2 Å². The van der Waals surface area contributed by atoms with E-state index in [2.05, 4.69) is 24.4 Å². The summed E-state index contributed by atoms with van der Waals surface area (Å²) in [4.78, 5) is 0. The molecule has 76 valence electrons. The second-order valence-electron chi connectivity index (χ2n) is 3.92. The van der Waals surface area contributed by atoms with Crippen molar-refractivity contribution < 1.29 is 4.74 Å². The Labute approximate surface area is 85.3 Å². The van der Waals surface area contributed by atoms with Gasteiger partial charge in [-0.1, -0.05) is 17.7 Å². The minimum Gasteiger partial charge on any atom is -0.492 e. The Hall–Kier alpha value is -1.02. The van der Waals surface area contributed by atoms with E-state index in [1.807, 2.05) is 12.1 Å². The third kappa shape index (κ3) is 2.48. The first-order valence-electron chi connectivity index (χ1n) is 5.27. The number of aryl methyl sites for hydroxylation is 1. The SMILES string of the molecule is Cc1ccc(OC[C@H]2CCCN2)cc1. The molecule has 1 fully saturated rings. The molecule has 1 aromatic rings. The van der Waals surface area contributed by atoms with Crippen LogP contribution in [0.1, 0.15) is 18.4 Å². The van der Waals surface area contributed by atoms with Crippen LogP contribution >= 0.6 is 0 Å². The van der Waals surface area contributed by atoms with E-state index in [9.17, 15) is 0 Å². The molecule has 1 heterocycles. The van der Waals surface area contributed by atoms with E-state index in [4.69, 9.17) is 4.74 Å². The molecule has 1 aliphatic rings. The minimum absolute atomic E-state index is 0.552. The third-order valence-corrected chi connectivity index (χ3v) is 2.63. The zero-order chi connectivity index (χ0) is 9.80. The van der Waals surface area contributed by atoms with Crippen molar-refractivity contribution in [2.45, 2.75) is 25.8 Å². The largest absolute Gasteiger partial charge is 0.492 e. The fraction of sp³-hybridized carbons (Fsp3) is 0.500. The van der Waals surface area contributed by atoms with Gasteiger partial charge in [-0.05, 0) is 38.4 Å². The average molecular weight is 191 g/mol. The fourth-order valence-corrected chi connectivity index (χ4v) is 1.73. The molecule has 0 unspecified atom stereocenters. The molecule has 0 radical (unpaired) electrons. The van der Waals surface area contributed by atoms with Gasteiger partial charge in [0.05, 0.1) is 0 Å². The molecule has 2 rings (SSSR count). The molecule has 0 aromatic heterocycles. The van der Waals surface area contributed by atoms with Gasteiger partial charge in [0.15, 0.2) is 0 Å². The summed E-state index contributed by atoms with van der Waals surface area (Å²) in [6.45, 7) is 4.02. The van der Waals surface area contributed by atoms with Gasteiger partial charge in [-0.3, -0.25) is 0 Å². The number of rotatable bonds is 3. The van der Waals surface area contributed by atoms with Gasteiger partial charge in [0, 0.05) is 6.04 Å². The fourth-order valence-electron chi connectivity index (χ4n) is 1.73. The molecule has 1 atom stereocenters. The van der Waals surface area contributed by atoms with Crippen LogP contribution in [0.2, 0.25) is 0 Å². The lowest BCUT2D eigenvalue weighted by Gasteiger charge is -2.11. The van der Waals surface area contributed by atoms with Crippen LogP contribution in [0.3, 0.4) is 0 Å². The van der Waals surface area contributed by atoms with Crippen molar-refractivity contribution in [3.05, 3.63) is 29.8 Å². The van der Waals surface area contributed by atoms with E-state index in [1.54, 1.807) is 0 Å². The average Bonchev–Trinajstić information content (AvgIpc) is 2.70. The first-order chi connectivity index (χ1) is 6.84. The lowest BCUT2D eigenvalue weighted by Crippen LogP contribution is -2.28. The van der Waals surface area contributed by atoms with Crippen LogP contribution in [0.15, 0.2) is 24.3 Å². The Bertz CT molecular complexity index is 275. The molecule has 1 N–H and O–H groups in total. The Morgan fingerprint density at radius 3 is 2.79 bits per heavy atom. The van der Waals surface area contributed by atoms with E-state index >= 15 is 0 Å². The maximum Gasteiger partial charge on any atom is 0.119 e. The van der Waals surface area contributed by atoms with Crippen molar-refractivity contribution >= 4 is 0 Å². The van der Waals surface area contributed by atoms with Crippen LogP contribution in [0.4, 0.5) is 0 Å². The summed E-state index contributed by atoms with van der Waals surface area (Å²) in [5.74, 6) is 0.976. The zero-order valence-corrected chi connectivity index (χ0v) is 8.62. The summed E-state index contributed by atoms with van der Waals surface area (Å²) in [6, 6.07) is 8.78. The van der Waals surface area contributed by atoms with E-state index in [0.29, 0.717) is 6.04 Å². The van der Waals surface area contributed by atoms with Crippen LogP contribution in [0, 0.1) is 6.92 Å². The first-order valence-corrected chi connectivity index (χ1v) is 5.27. The van der Waals surface area contributed by atoms with E-state index < -0.39 is 0 Å². The van der Waals surface area contributed by atoms with Gasteiger partial charge in [0.2, 0.25) is 0 Å². The van der Waals surface area contributed by atoms with Gasteiger partial charge in [-0.15, -0.1) is 0 Å². The van der Waals surface area contributed by atoms with Crippen LogP contribution in [0.5, 0.6) is 5.75 Å². The monoisotopic (exact) mass is 191 g/mol. The second kappa shape index (κ2) is 4.47. The molecule has 2 nitrogen and oxygen atoms in total. The van der Waals surface area contributed by atoms with Gasteiger partial charge < -0.3 is 10.1 Å². The molecule has 0 amide bonds. The second-order valence-corrected chi connectivity index (χ2v) is 3.92. The summed E-state index contributed by atoms with van der Waals surface area (Å²) < 4.78 is 5.68. The van der Waals surface area contributed by atoms with E-state index in [1.165, 1.54) is 18.4 Å². The van der Waals surface area contributed by atoms with Crippen LogP contribution < -0.4 is 10.1 Å². The highest BCUT2D eigenvalue weighted by Crippen LogP contribution is 2.13. The predicted octanol–water partition coefficient (Wildman–Crippen LogP) is 2.13. The van der Waals surface area contributed by atoms with E-state index in [-0.39, 0.29) is 0 Å². The topological polar surface area (TPSA) is 21.3 Å². The molecule has 1 saturated heterocycles. The van der Waals surface area contributed by atoms with Crippen molar-refractivity contribution in [3.63, 3.8) is 0 Å². The molecule has 0 saturated carbocycles. The Morgan fingerprint density at radius 1 is 1.36 bits per heavy atom. The number of ether oxygens (including phenoxy) is 1. The molecular weight excluding hydrogens is 174 g/mol. The standard InChI is InChI=1S/C12H17NO/c1-10-4-6-12(7-5-10)14-9-11-3-2-8-13-11/h4-7,11,13H,2-3,8-9H2,1H3/t11-/m1/s1. The maximum absolute atomic E-state index is 5.68. The van der Waals surface area contributed by atoms with Crippen LogP contribution in [-0.2, 0) is 0 Å². The predicted molar refractivity (Wildman–Crippen MR) is 57.7 cm³/mol. The van der Waals surface area contributed by atoms with E-state index in [0.717, 1.165) is 18.9 Å². The quantitative estimate of drug-likeness (QED) is 0.790. The third-order valence-electron chi connectivity index (χ3n) is 2.63. The van der Waals surface area contributed by atoms with Crippen molar-refractivity contribution in [1.82, 2.24) is 5.32 Å². The van der Waals surface area contributed by atoms with Gasteiger partial charge in [-0.25, -0.2) is 0 Å². The number of nitrogens with one attached hydrogen (secondary N) is 1. The molecule has 0 aliphatic carbocycles. The number of hydrogen-bond donors (Lipinski definition) is 1. The first kappa shape index (κ1) is 9.53. The number of benzene rings is 1. The summed E-state index contributed by atoms with van der Waals surface area (Å²) in [5, 5.41) is 3.41. The smallest absolute Gasteiger partial charge is 0.119 e. The summed E-state index contributed by atoms with van der Waals surface area (Å²) in [6.07, 6.45) is 2.52. The van der Waals surface area contributed by atoms with Crippen molar-refractivity contribution in [2.24, 2.45) is 0 Å². The molecule has 1 aromatic carbocycles. The normalized spacial score (nSPS) is 21.1. The maximum atomic E-state index is 5.68. The highest BCUT2D eigenvalue weighted by Gasteiger charge is 2.13. The lowest BCUT2D eigenvalue weighted by atomic mass is 10.2. The summed E-state index contributed by atoms with van der Waals surface area (Å²) in [7, 11) is 0. The molecular formula is C12H17NO. The minimum atomic E-state index is 0.552. The summed E-state index contributed by atoms with van der Waals surface area (Å²) >= 11 is 0. The Morgan fingerprint density at radius 2 is 2.14 bits per heavy atom. The molecule has 0 bridgehead atoms. The number of hydrogen-bond acceptors (Lipinski definition) is 2.